The Morgan fingerprint density at radius 3 is 2.00 bits per heavy atom. The normalized spacial score (nSPS) is 10.5. The van der Waals surface area contributed by atoms with Gasteiger partial charge in [0.25, 0.3) is 0 Å². The van der Waals surface area contributed by atoms with Crippen LogP contribution in [-0.2, 0) is 0 Å². The minimum atomic E-state index is 0.121. The van der Waals surface area contributed by atoms with Gasteiger partial charge in [-0.3, -0.25) is 0 Å². The Labute approximate surface area is 101 Å². The Balaban J connectivity index is 2.64. The summed E-state index contributed by atoms with van der Waals surface area (Å²) in [6.45, 7) is 5.76. The maximum Gasteiger partial charge on any atom is 0.129 e. The van der Waals surface area contributed by atoms with Crippen molar-refractivity contribution in [2.45, 2.75) is 20.8 Å². The molecular weight excluding hydrogens is 212 g/mol. The number of phenols is 2. The van der Waals surface area contributed by atoms with Gasteiger partial charge < -0.3 is 10.2 Å². The second-order valence-corrected chi connectivity index (χ2v) is 4.48. The quantitative estimate of drug-likeness (QED) is 0.781. The van der Waals surface area contributed by atoms with Crippen LogP contribution < -0.4 is 0 Å². The van der Waals surface area contributed by atoms with Gasteiger partial charge in [0.1, 0.15) is 11.5 Å². The summed E-state index contributed by atoms with van der Waals surface area (Å²) in [5, 5.41) is 19.6. The van der Waals surface area contributed by atoms with Gasteiger partial charge >= 0.3 is 0 Å². The van der Waals surface area contributed by atoms with E-state index in [-0.39, 0.29) is 11.5 Å². The van der Waals surface area contributed by atoms with Crippen LogP contribution in [0.1, 0.15) is 16.7 Å². The second kappa shape index (κ2) is 4.13. The van der Waals surface area contributed by atoms with Crippen molar-refractivity contribution in [2.75, 3.05) is 0 Å². The fourth-order valence-electron chi connectivity index (χ4n) is 2.05. The highest BCUT2D eigenvalue weighted by Crippen LogP contribution is 2.36. The lowest BCUT2D eigenvalue weighted by molar-refractivity contribution is 0.444. The molecule has 0 aliphatic heterocycles. The third kappa shape index (κ3) is 2.11. The molecule has 0 aliphatic rings. The molecule has 0 heterocycles. The van der Waals surface area contributed by atoms with Crippen molar-refractivity contribution in [3.05, 3.63) is 47.0 Å². The molecule has 17 heavy (non-hydrogen) atoms. The number of aromatic hydroxyl groups is 2. The summed E-state index contributed by atoms with van der Waals surface area (Å²) in [4.78, 5) is 0. The van der Waals surface area contributed by atoms with Crippen LogP contribution in [0, 0.1) is 20.8 Å². The Hall–Kier alpha value is -1.96. The van der Waals surface area contributed by atoms with Crippen LogP contribution in [0.3, 0.4) is 0 Å². The first-order chi connectivity index (χ1) is 7.99. The van der Waals surface area contributed by atoms with E-state index in [2.05, 4.69) is 6.07 Å². The first-order valence-corrected chi connectivity index (χ1v) is 5.59. The molecule has 0 bridgehead atoms. The van der Waals surface area contributed by atoms with Crippen LogP contribution in [-0.4, -0.2) is 10.2 Å². The minimum absolute atomic E-state index is 0.121. The first kappa shape index (κ1) is 11.5. The van der Waals surface area contributed by atoms with E-state index in [0.717, 1.165) is 22.3 Å². The summed E-state index contributed by atoms with van der Waals surface area (Å²) in [6.07, 6.45) is 0. The molecule has 0 aliphatic carbocycles. The predicted molar refractivity (Wildman–Crippen MR) is 69.4 cm³/mol. The van der Waals surface area contributed by atoms with Crippen molar-refractivity contribution in [3.63, 3.8) is 0 Å². The maximum atomic E-state index is 10.1. The lowest BCUT2D eigenvalue weighted by Gasteiger charge is -2.10. The highest BCUT2D eigenvalue weighted by atomic mass is 16.3. The van der Waals surface area contributed by atoms with E-state index in [4.69, 9.17) is 0 Å². The number of hydrogen-bond acceptors (Lipinski definition) is 2. The smallest absolute Gasteiger partial charge is 0.129 e. The van der Waals surface area contributed by atoms with Crippen molar-refractivity contribution < 1.29 is 10.2 Å². The van der Waals surface area contributed by atoms with E-state index in [9.17, 15) is 10.2 Å². The van der Waals surface area contributed by atoms with Gasteiger partial charge in [-0.1, -0.05) is 29.3 Å². The van der Waals surface area contributed by atoms with Crippen LogP contribution >= 0.6 is 0 Å². The average Bonchev–Trinajstić information content (AvgIpc) is 2.24. The molecule has 2 rings (SSSR count). The molecule has 0 saturated heterocycles. The SMILES string of the molecule is Cc1cc(C)cc(-c2ccc(O)c(C)c2O)c1. The molecule has 2 aromatic rings. The van der Waals surface area contributed by atoms with E-state index in [1.165, 1.54) is 0 Å². The second-order valence-electron chi connectivity index (χ2n) is 4.48. The zero-order chi connectivity index (χ0) is 12.6. The summed E-state index contributed by atoms with van der Waals surface area (Å²) in [7, 11) is 0. The standard InChI is InChI=1S/C15H16O2/c1-9-6-10(2)8-12(7-9)13-4-5-14(16)11(3)15(13)17/h4-8,16-17H,1-3H3. The van der Waals surface area contributed by atoms with Gasteiger partial charge in [0, 0.05) is 11.1 Å². The van der Waals surface area contributed by atoms with Crippen LogP contribution in [0.25, 0.3) is 11.1 Å². The molecule has 2 heteroatoms. The molecule has 2 aromatic carbocycles. The monoisotopic (exact) mass is 228 g/mol. The zero-order valence-electron chi connectivity index (χ0n) is 10.3. The third-order valence-electron chi connectivity index (χ3n) is 2.94. The molecule has 0 amide bonds. The number of rotatable bonds is 1. The Bertz CT molecular complexity index is 551. The molecule has 2 nitrogen and oxygen atoms in total. The van der Waals surface area contributed by atoms with Gasteiger partial charge in [-0.2, -0.15) is 0 Å². The summed E-state index contributed by atoms with van der Waals surface area (Å²) < 4.78 is 0. The first-order valence-electron chi connectivity index (χ1n) is 5.59. The highest BCUT2D eigenvalue weighted by molar-refractivity contribution is 5.74. The highest BCUT2D eigenvalue weighted by Gasteiger charge is 2.10. The molecule has 0 saturated carbocycles. The summed E-state index contributed by atoms with van der Waals surface area (Å²) in [5.41, 5.74) is 4.56. The molecule has 0 atom stereocenters. The molecule has 0 spiro atoms. The molecule has 2 N–H and O–H groups in total. The Morgan fingerprint density at radius 1 is 0.824 bits per heavy atom. The van der Waals surface area contributed by atoms with E-state index < -0.39 is 0 Å². The Kier molecular flexibility index (Phi) is 2.80. The number of phenolic OH excluding ortho intramolecular Hbond substituents is 2. The van der Waals surface area contributed by atoms with Crippen molar-refractivity contribution in [1.29, 1.82) is 0 Å². The summed E-state index contributed by atoms with van der Waals surface area (Å²) >= 11 is 0. The van der Waals surface area contributed by atoms with Crippen LogP contribution in [0.2, 0.25) is 0 Å². The van der Waals surface area contributed by atoms with Gasteiger partial charge in [-0.25, -0.2) is 0 Å². The van der Waals surface area contributed by atoms with Gasteiger partial charge in [-0.05, 0) is 38.5 Å². The number of benzene rings is 2. The van der Waals surface area contributed by atoms with Gasteiger partial charge in [0.2, 0.25) is 0 Å². The van der Waals surface area contributed by atoms with Gasteiger partial charge in [0.05, 0.1) is 0 Å². The molecular formula is C15H16O2. The summed E-state index contributed by atoms with van der Waals surface area (Å²) in [6, 6.07) is 9.50. The van der Waals surface area contributed by atoms with Crippen molar-refractivity contribution in [3.8, 4) is 22.6 Å². The van der Waals surface area contributed by atoms with Crippen molar-refractivity contribution >= 4 is 0 Å². The number of hydrogen-bond donors (Lipinski definition) is 2. The van der Waals surface area contributed by atoms with E-state index in [1.807, 2.05) is 26.0 Å². The Morgan fingerprint density at radius 2 is 1.41 bits per heavy atom. The molecule has 0 aromatic heterocycles. The molecule has 0 unspecified atom stereocenters. The van der Waals surface area contributed by atoms with E-state index >= 15 is 0 Å². The van der Waals surface area contributed by atoms with Crippen LogP contribution in [0.5, 0.6) is 11.5 Å². The van der Waals surface area contributed by atoms with Gasteiger partial charge in [-0.15, -0.1) is 0 Å². The minimum Gasteiger partial charge on any atom is -0.508 e. The van der Waals surface area contributed by atoms with Gasteiger partial charge in [0.15, 0.2) is 0 Å². The molecule has 0 radical (unpaired) electrons. The average molecular weight is 228 g/mol. The fourth-order valence-corrected chi connectivity index (χ4v) is 2.05. The third-order valence-corrected chi connectivity index (χ3v) is 2.94. The van der Waals surface area contributed by atoms with Crippen molar-refractivity contribution in [1.82, 2.24) is 0 Å². The predicted octanol–water partition coefficient (Wildman–Crippen LogP) is 3.69. The maximum absolute atomic E-state index is 10.1. The summed E-state index contributed by atoms with van der Waals surface area (Å²) in [5.74, 6) is 0.269. The lowest BCUT2D eigenvalue weighted by Crippen LogP contribution is -1.86. The molecule has 0 fully saturated rings. The topological polar surface area (TPSA) is 40.5 Å². The molecule has 88 valence electrons. The largest absolute Gasteiger partial charge is 0.508 e. The number of aryl methyl sites for hydroxylation is 2. The van der Waals surface area contributed by atoms with Crippen molar-refractivity contribution in [2.24, 2.45) is 0 Å². The van der Waals surface area contributed by atoms with E-state index in [1.54, 1.807) is 19.1 Å². The van der Waals surface area contributed by atoms with Crippen LogP contribution in [0.15, 0.2) is 30.3 Å². The zero-order valence-corrected chi connectivity index (χ0v) is 10.3. The van der Waals surface area contributed by atoms with Crippen LogP contribution in [0.4, 0.5) is 0 Å². The fraction of sp³-hybridized carbons (Fsp3) is 0.200. The van der Waals surface area contributed by atoms with E-state index in [0.29, 0.717) is 5.56 Å². The lowest BCUT2D eigenvalue weighted by atomic mass is 9.98.